The molecule has 0 radical (unpaired) electrons. The van der Waals surface area contributed by atoms with Crippen molar-refractivity contribution >= 4 is 11.6 Å². The number of hydrogen-bond acceptors (Lipinski definition) is 5. The van der Waals surface area contributed by atoms with Crippen LogP contribution in [0.4, 0.5) is 5.69 Å². The lowest BCUT2D eigenvalue weighted by atomic mass is 10.1. The molecule has 6 heteroatoms. The second-order valence-electron chi connectivity index (χ2n) is 6.20. The van der Waals surface area contributed by atoms with E-state index >= 15 is 0 Å². The van der Waals surface area contributed by atoms with Crippen LogP contribution in [0, 0.1) is 5.92 Å². The molecule has 2 N–H and O–H groups in total. The summed E-state index contributed by atoms with van der Waals surface area (Å²) in [6.45, 7) is 3.49. The molecule has 126 valence electrons. The van der Waals surface area contributed by atoms with Crippen molar-refractivity contribution in [2.24, 2.45) is 5.92 Å². The van der Waals surface area contributed by atoms with E-state index in [9.17, 15) is 4.79 Å². The van der Waals surface area contributed by atoms with Gasteiger partial charge in [0.05, 0.1) is 20.1 Å². The Kier molecular flexibility index (Phi) is 4.91. The number of nitrogens with zero attached hydrogens (tertiary/aromatic N) is 1. The average Bonchev–Trinajstić information content (AvgIpc) is 3.26. The summed E-state index contributed by atoms with van der Waals surface area (Å²) in [5.74, 6) is 1.87. The number of carbonyl (C=O) groups is 1. The Morgan fingerprint density at radius 1 is 1.22 bits per heavy atom. The van der Waals surface area contributed by atoms with Gasteiger partial charge >= 0.3 is 0 Å². The second kappa shape index (κ2) is 7.08. The number of carbonyl (C=O) groups excluding carboxylic acids is 1. The second-order valence-corrected chi connectivity index (χ2v) is 6.20. The van der Waals surface area contributed by atoms with Crippen LogP contribution in [0.3, 0.4) is 0 Å². The maximum atomic E-state index is 12.2. The van der Waals surface area contributed by atoms with Gasteiger partial charge in [-0.05, 0) is 19.4 Å². The van der Waals surface area contributed by atoms with Crippen LogP contribution in [0.5, 0.6) is 11.5 Å². The van der Waals surface area contributed by atoms with Crippen molar-refractivity contribution in [3.8, 4) is 11.5 Å². The van der Waals surface area contributed by atoms with Crippen LogP contribution < -0.4 is 25.0 Å². The van der Waals surface area contributed by atoms with Gasteiger partial charge in [0.15, 0.2) is 0 Å². The van der Waals surface area contributed by atoms with E-state index in [4.69, 9.17) is 9.47 Å². The molecule has 6 nitrogen and oxygen atoms in total. The lowest BCUT2D eigenvalue weighted by Crippen LogP contribution is -2.41. The van der Waals surface area contributed by atoms with E-state index in [2.05, 4.69) is 15.5 Å². The summed E-state index contributed by atoms with van der Waals surface area (Å²) in [4.78, 5) is 14.5. The highest BCUT2D eigenvalue weighted by atomic mass is 16.5. The van der Waals surface area contributed by atoms with E-state index in [1.807, 2.05) is 18.2 Å². The zero-order chi connectivity index (χ0) is 16.2. The van der Waals surface area contributed by atoms with Crippen LogP contribution in [0.15, 0.2) is 18.2 Å². The molecule has 0 aliphatic carbocycles. The molecule has 23 heavy (non-hydrogen) atoms. The summed E-state index contributed by atoms with van der Waals surface area (Å²) in [6, 6.07) is 6.09. The molecule has 1 aromatic carbocycles. The van der Waals surface area contributed by atoms with Gasteiger partial charge in [0.25, 0.3) is 0 Å². The standard InChI is InChI=1S/C17H25N3O3/c1-22-15-7-14(8-16(9-15)23-2)20-6-4-13(11-20)19-17(21)12-3-5-18-10-12/h7-9,12-13,18H,3-6,10-11H2,1-2H3,(H,19,21). The van der Waals surface area contributed by atoms with Crippen LogP contribution >= 0.6 is 0 Å². The maximum Gasteiger partial charge on any atom is 0.224 e. The van der Waals surface area contributed by atoms with Gasteiger partial charge in [0, 0.05) is 49.6 Å². The van der Waals surface area contributed by atoms with Crippen molar-refractivity contribution in [3.63, 3.8) is 0 Å². The Labute approximate surface area is 137 Å². The van der Waals surface area contributed by atoms with Gasteiger partial charge in [-0.2, -0.15) is 0 Å². The minimum Gasteiger partial charge on any atom is -0.497 e. The van der Waals surface area contributed by atoms with Gasteiger partial charge in [-0.25, -0.2) is 0 Å². The summed E-state index contributed by atoms with van der Waals surface area (Å²) in [5.41, 5.74) is 1.07. The Morgan fingerprint density at radius 3 is 2.57 bits per heavy atom. The van der Waals surface area contributed by atoms with Gasteiger partial charge in [0.1, 0.15) is 11.5 Å². The highest BCUT2D eigenvalue weighted by molar-refractivity contribution is 5.79. The monoisotopic (exact) mass is 319 g/mol. The number of benzene rings is 1. The van der Waals surface area contributed by atoms with Crippen molar-refractivity contribution in [2.75, 3.05) is 45.3 Å². The molecule has 2 atom stereocenters. The molecule has 2 aliphatic rings. The van der Waals surface area contributed by atoms with Gasteiger partial charge in [-0.15, -0.1) is 0 Å². The molecule has 2 saturated heterocycles. The number of hydrogen-bond donors (Lipinski definition) is 2. The highest BCUT2D eigenvalue weighted by Gasteiger charge is 2.28. The summed E-state index contributed by atoms with van der Waals surface area (Å²) in [7, 11) is 3.31. The molecular formula is C17H25N3O3. The molecule has 1 aromatic rings. The number of anilines is 1. The first kappa shape index (κ1) is 15.9. The van der Waals surface area contributed by atoms with Crippen LogP contribution in [0.25, 0.3) is 0 Å². The zero-order valence-electron chi connectivity index (χ0n) is 13.8. The molecule has 0 bridgehead atoms. The van der Waals surface area contributed by atoms with E-state index in [1.165, 1.54) is 0 Å². The smallest absolute Gasteiger partial charge is 0.224 e. The van der Waals surface area contributed by atoms with Crippen molar-refractivity contribution < 1.29 is 14.3 Å². The molecule has 0 spiro atoms. The number of nitrogens with one attached hydrogen (secondary N) is 2. The molecule has 0 saturated carbocycles. The lowest BCUT2D eigenvalue weighted by molar-refractivity contribution is -0.125. The fourth-order valence-corrected chi connectivity index (χ4v) is 3.29. The molecule has 1 amide bonds. The SMILES string of the molecule is COc1cc(OC)cc(N2CCC(NC(=O)C3CCNC3)C2)c1. The van der Waals surface area contributed by atoms with Gasteiger partial charge in [-0.3, -0.25) is 4.79 Å². The fraction of sp³-hybridized carbons (Fsp3) is 0.588. The quantitative estimate of drug-likeness (QED) is 0.848. The van der Waals surface area contributed by atoms with Crippen LogP contribution in [0.1, 0.15) is 12.8 Å². The largest absolute Gasteiger partial charge is 0.497 e. The van der Waals surface area contributed by atoms with Crippen LogP contribution in [0.2, 0.25) is 0 Å². The predicted molar refractivity (Wildman–Crippen MR) is 89.3 cm³/mol. The van der Waals surface area contributed by atoms with Crippen molar-refractivity contribution in [1.82, 2.24) is 10.6 Å². The van der Waals surface area contributed by atoms with E-state index in [0.29, 0.717) is 0 Å². The molecular weight excluding hydrogens is 294 g/mol. The molecule has 2 heterocycles. The third kappa shape index (κ3) is 3.69. The first-order chi connectivity index (χ1) is 11.2. The first-order valence-corrected chi connectivity index (χ1v) is 8.18. The molecule has 2 fully saturated rings. The van der Waals surface area contributed by atoms with Gasteiger partial charge in [0.2, 0.25) is 5.91 Å². The minimum absolute atomic E-state index is 0.126. The van der Waals surface area contributed by atoms with E-state index < -0.39 is 0 Å². The Balaban J connectivity index is 1.61. The maximum absolute atomic E-state index is 12.2. The van der Waals surface area contributed by atoms with Crippen LogP contribution in [-0.4, -0.2) is 52.3 Å². The summed E-state index contributed by atoms with van der Waals surface area (Å²) in [6.07, 6.45) is 1.90. The average molecular weight is 319 g/mol. The fourth-order valence-electron chi connectivity index (χ4n) is 3.29. The Bertz CT molecular complexity index is 536. The Hall–Kier alpha value is -1.95. The molecule has 0 aromatic heterocycles. The normalized spacial score (nSPS) is 23.8. The zero-order valence-corrected chi connectivity index (χ0v) is 13.8. The third-order valence-corrected chi connectivity index (χ3v) is 4.67. The Morgan fingerprint density at radius 2 is 1.96 bits per heavy atom. The molecule has 2 unspecified atom stereocenters. The third-order valence-electron chi connectivity index (χ3n) is 4.67. The van der Waals surface area contributed by atoms with Crippen molar-refractivity contribution in [1.29, 1.82) is 0 Å². The summed E-state index contributed by atoms with van der Waals surface area (Å²) < 4.78 is 10.7. The number of ether oxygens (including phenoxy) is 2. The van der Waals surface area contributed by atoms with E-state index in [0.717, 1.165) is 56.2 Å². The minimum atomic E-state index is 0.126. The molecule has 2 aliphatic heterocycles. The summed E-state index contributed by atoms with van der Waals surface area (Å²) in [5, 5.41) is 6.43. The van der Waals surface area contributed by atoms with Crippen molar-refractivity contribution in [3.05, 3.63) is 18.2 Å². The number of rotatable bonds is 5. The number of amides is 1. The van der Waals surface area contributed by atoms with Gasteiger partial charge in [-0.1, -0.05) is 0 Å². The van der Waals surface area contributed by atoms with E-state index in [1.54, 1.807) is 14.2 Å². The first-order valence-electron chi connectivity index (χ1n) is 8.18. The predicted octanol–water partition coefficient (Wildman–Crippen LogP) is 1.01. The summed E-state index contributed by atoms with van der Waals surface area (Å²) >= 11 is 0. The lowest BCUT2D eigenvalue weighted by Gasteiger charge is -2.21. The van der Waals surface area contributed by atoms with Crippen molar-refractivity contribution in [2.45, 2.75) is 18.9 Å². The highest BCUT2D eigenvalue weighted by Crippen LogP contribution is 2.30. The van der Waals surface area contributed by atoms with E-state index in [-0.39, 0.29) is 17.9 Å². The topological polar surface area (TPSA) is 62.8 Å². The number of methoxy groups -OCH3 is 2. The van der Waals surface area contributed by atoms with Gasteiger partial charge < -0.3 is 25.0 Å². The van der Waals surface area contributed by atoms with Crippen LogP contribution in [-0.2, 0) is 4.79 Å². The molecule has 3 rings (SSSR count).